The zero-order chi connectivity index (χ0) is 13.8. The van der Waals surface area contributed by atoms with Crippen LogP contribution in [0.15, 0.2) is 30.0 Å². The first-order valence-corrected chi connectivity index (χ1v) is 5.98. The molecule has 6 nitrogen and oxygen atoms in total. The zero-order valence-electron chi connectivity index (χ0n) is 10.6. The molecule has 0 saturated carbocycles. The van der Waals surface area contributed by atoms with Crippen molar-refractivity contribution < 1.29 is 14.7 Å². The summed E-state index contributed by atoms with van der Waals surface area (Å²) in [5.74, 6) is -1.16. The SMILES string of the molecule is CC1=CCN(C(=O)Nc2cccnc2C(=O)O)CC1. The summed E-state index contributed by atoms with van der Waals surface area (Å²) in [6.45, 7) is 3.20. The van der Waals surface area contributed by atoms with Crippen LogP contribution in [0.4, 0.5) is 10.5 Å². The van der Waals surface area contributed by atoms with Gasteiger partial charge >= 0.3 is 12.0 Å². The van der Waals surface area contributed by atoms with Crippen LogP contribution >= 0.6 is 0 Å². The third-order valence-electron chi connectivity index (χ3n) is 2.98. The third kappa shape index (κ3) is 3.09. The number of rotatable bonds is 2. The normalized spacial score (nSPS) is 14.8. The van der Waals surface area contributed by atoms with Gasteiger partial charge in [0.1, 0.15) is 0 Å². The van der Waals surface area contributed by atoms with E-state index in [9.17, 15) is 9.59 Å². The Morgan fingerprint density at radius 1 is 1.47 bits per heavy atom. The lowest BCUT2D eigenvalue weighted by Gasteiger charge is -2.25. The predicted octanol–water partition coefficient (Wildman–Crippen LogP) is 1.96. The van der Waals surface area contributed by atoms with Gasteiger partial charge in [0.05, 0.1) is 5.69 Å². The van der Waals surface area contributed by atoms with Crippen LogP contribution in [0.25, 0.3) is 0 Å². The average molecular weight is 261 g/mol. The van der Waals surface area contributed by atoms with Crippen molar-refractivity contribution in [3.05, 3.63) is 35.7 Å². The molecular formula is C13H15N3O3. The Labute approximate surface area is 110 Å². The number of pyridine rings is 1. The summed E-state index contributed by atoms with van der Waals surface area (Å²) in [4.78, 5) is 28.4. The van der Waals surface area contributed by atoms with Gasteiger partial charge in [-0.15, -0.1) is 0 Å². The van der Waals surface area contributed by atoms with E-state index < -0.39 is 5.97 Å². The number of urea groups is 1. The molecule has 2 heterocycles. The lowest BCUT2D eigenvalue weighted by atomic mass is 10.1. The number of hydrogen-bond donors (Lipinski definition) is 2. The van der Waals surface area contributed by atoms with Gasteiger partial charge in [-0.3, -0.25) is 0 Å². The van der Waals surface area contributed by atoms with Crippen molar-refractivity contribution in [2.75, 3.05) is 18.4 Å². The second-order valence-electron chi connectivity index (χ2n) is 4.38. The molecule has 0 atom stereocenters. The summed E-state index contributed by atoms with van der Waals surface area (Å²) in [5.41, 5.74) is 1.32. The van der Waals surface area contributed by atoms with Crippen LogP contribution in [-0.2, 0) is 0 Å². The van der Waals surface area contributed by atoms with E-state index in [1.165, 1.54) is 17.8 Å². The molecule has 1 aliphatic rings. The Bertz CT molecular complexity index is 540. The van der Waals surface area contributed by atoms with E-state index >= 15 is 0 Å². The number of aromatic nitrogens is 1. The summed E-state index contributed by atoms with van der Waals surface area (Å²) in [5, 5.41) is 11.6. The van der Waals surface area contributed by atoms with E-state index in [0.29, 0.717) is 13.1 Å². The molecule has 0 aromatic carbocycles. The van der Waals surface area contributed by atoms with E-state index in [4.69, 9.17) is 5.11 Å². The smallest absolute Gasteiger partial charge is 0.356 e. The number of anilines is 1. The van der Waals surface area contributed by atoms with Crippen molar-refractivity contribution in [2.45, 2.75) is 13.3 Å². The van der Waals surface area contributed by atoms with E-state index in [-0.39, 0.29) is 17.4 Å². The molecule has 0 bridgehead atoms. The van der Waals surface area contributed by atoms with Crippen LogP contribution in [0.2, 0.25) is 0 Å². The lowest BCUT2D eigenvalue weighted by molar-refractivity contribution is 0.0691. The molecule has 0 fully saturated rings. The fraction of sp³-hybridized carbons (Fsp3) is 0.308. The van der Waals surface area contributed by atoms with Gasteiger partial charge in [0.15, 0.2) is 5.69 Å². The molecule has 6 heteroatoms. The fourth-order valence-corrected chi connectivity index (χ4v) is 1.83. The van der Waals surface area contributed by atoms with Gasteiger partial charge in [-0.25, -0.2) is 14.6 Å². The highest BCUT2D eigenvalue weighted by Crippen LogP contribution is 2.15. The largest absolute Gasteiger partial charge is 0.476 e. The second kappa shape index (κ2) is 5.51. The minimum absolute atomic E-state index is 0.153. The molecule has 100 valence electrons. The van der Waals surface area contributed by atoms with Gasteiger partial charge in [-0.05, 0) is 25.5 Å². The number of nitrogens with one attached hydrogen (secondary N) is 1. The molecule has 1 aliphatic heterocycles. The van der Waals surface area contributed by atoms with E-state index in [1.54, 1.807) is 11.0 Å². The summed E-state index contributed by atoms with van der Waals surface area (Å²) >= 11 is 0. The van der Waals surface area contributed by atoms with Crippen molar-refractivity contribution in [1.29, 1.82) is 0 Å². The van der Waals surface area contributed by atoms with Crippen molar-refractivity contribution in [2.24, 2.45) is 0 Å². The minimum atomic E-state index is -1.16. The first-order valence-electron chi connectivity index (χ1n) is 5.98. The Morgan fingerprint density at radius 3 is 2.89 bits per heavy atom. The van der Waals surface area contributed by atoms with Gasteiger partial charge in [-0.1, -0.05) is 11.6 Å². The van der Waals surface area contributed by atoms with Crippen LogP contribution in [0.3, 0.4) is 0 Å². The molecule has 1 aromatic heterocycles. The van der Waals surface area contributed by atoms with E-state index in [1.807, 2.05) is 13.0 Å². The Balaban J connectivity index is 2.09. The molecule has 2 N–H and O–H groups in total. The maximum atomic E-state index is 12.0. The van der Waals surface area contributed by atoms with Gasteiger partial charge in [0.2, 0.25) is 0 Å². The fourth-order valence-electron chi connectivity index (χ4n) is 1.83. The Hall–Kier alpha value is -2.37. The molecule has 0 saturated heterocycles. The van der Waals surface area contributed by atoms with Crippen LogP contribution in [0.5, 0.6) is 0 Å². The number of carbonyl (C=O) groups excluding carboxylic acids is 1. The number of carboxylic acids is 1. The van der Waals surface area contributed by atoms with Crippen LogP contribution in [0.1, 0.15) is 23.8 Å². The summed E-state index contributed by atoms with van der Waals surface area (Å²) in [7, 11) is 0. The molecule has 0 unspecified atom stereocenters. The number of aromatic carboxylic acids is 1. The minimum Gasteiger partial charge on any atom is -0.476 e. The van der Waals surface area contributed by atoms with Crippen molar-refractivity contribution in [3.63, 3.8) is 0 Å². The Morgan fingerprint density at radius 2 is 2.26 bits per heavy atom. The van der Waals surface area contributed by atoms with Crippen LogP contribution in [-0.4, -0.2) is 40.1 Å². The zero-order valence-corrected chi connectivity index (χ0v) is 10.6. The number of amides is 2. The van der Waals surface area contributed by atoms with E-state index in [0.717, 1.165) is 6.42 Å². The lowest BCUT2D eigenvalue weighted by Crippen LogP contribution is -2.38. The Kier molecular flexibility index (Phi) is 3.79. The maximum Gasteiger partial charge on any atom is 0.356 e. The monoisotopic (exact) mass is 261 g/mol. The maximum absolute atomic E-state index is 12.0. The summed E-state index contributed by atoms with van der Waals surface area (Å²) in [6, 6.07) is 2.81. The van der Waals surface area contributed by atoms with Gasteiger partial charge in [-0.2, -0.15) is 0 Å². The number of carbonyl (C=O) groups is 2. The molecule has 0 aliphatic carbocycles. The molecule has 0 radical (unpaired) electrons. The first kappa shape index (κ1) is 13.1. The topological polar surface area (TPSA) is 82.5 Å². The second-order valence-corrected chi connectivity index (χ2v) is 4.38. The van der Waals surface area contributed by atoms with Crippen molar-refractivity contribution in [3.8, 4) is 0 Å². The molecule has 2 rings (SSSR count). The molecule has 0 spiro atoms. The van der Waals surface area contributed by atoms with Crippen molar-refractivity contribution >= 4 is 17.7 Å². The number of hydrogen-bond acceptors (Lipinski definition) is 3. The number of carboxylic acid groups (broad SMARTS) is 1. The molecular weight excluding hydrogens is 246 g/mol. The molecule has 1 aromatic rings. The quantitative estimate of drug-likeness (QED) is 0.797. The third-order valence-corrected chi connectivity index (χ3v) is 2.98. The van der Waals surface area contributed by atoms with Gasteiger partial charge in [0, 0.05) is 19.3 Å². The highest BCUT2D eigenvalue weighted by molar-refractivity contribution is 5.98. The van der Waals surface area contributed by atoms with Crippen LogP contribution in [0, 0.1) is 0 Å². The van der Waals surface area contributed by atoms with Crippen molar-refractivity contribution in [1.82, 2.24) is 9.88 Å². The summed E-state index contributed by atoms with van der Waals surface area (Å²) in [6.07, 6.45) is 4.21. The van der Waals surface area contributed by atoms with E-state index in [2.05, 4.69) is 10.3 Å². The molecule has 2 amide bonds. The first-order chi connectivity index (χ1) is 9.08. The molecule has 19 heavy (non-hydrogen) atoms. The highest BCUT2D eigenvalue weighted by Gasteiger charge is 2.18. The van der Waals surface area contributed by atoms with Gasteiger partial charge < -0.3 is 15.3 Å². The number of nitrogens with zero attached hydrogens (tertiary/aromatic N) is 2. The summed E-state index contributed by atoms with van der Waals surface area (Å²) < 4.78 is 0. The standard InChI is InChI=1S/C13H15N3O3/c1-9-4-7-16(8-5-9)13(19)15-10-3-2-6-14-11(10)12(17)18/h2-4,6H,5,7-8H2,1H3,(H,15,19)(H,17,18). The van der Waals surface area contributed by atoms with Gasteiger partial charge in [0.25, 0.3) is 0 Å². The predicted molar refractivity (Wildman–Crippen MR) is 70.2 cm³/mol. The highest BCUT2D eigenvalue weighted by atomic mass is 16.4. The van der Waals surface area contributed by atoms with Crippen LogP contribution < -0.4 is 5.32 Å². The average Bonchev–Trinajstić information content (AvgIpc) is 2.39.